The zero-order valence-corrected chi connectivity index (χ0v) is 22.7. The summed E-state index contributed by atoms with van der Waals surface area (Å²) in [4.78, 5) is 16.1. The minimum Gasteiger partial charge on any atom is -0.493 e. The maximum atomic E-state index is 13.7. The lowest BCUT2D eigenvalue weighted by Crippen LogP contribution is -2.40. The van der Waals surface area contributed by atoms with Crippen molar-refractivity contribution in [2.45, 2.75) is 39.0 Å². The molecule has 0 N–H and O–H groups in total. The van der Waals surface area contributed by atoms with Gasteiger partial charge in [-0.2, -0.15) is 0 Å². The molecule has 0 aromatic heterocycles. The van der Waals surface area contributed by atoms with Gasteiger partial charge >= 0.3 is 0 Å². The molecule has 0 amide bonds. The molecule has 1 aliphatic carbocycles. The largest absolute Gasteiger partial charge is 0.493 e. The minimum atomic E-state index is -0.180. The van der Waals surface area contributed by atoms with Gasteiger partial charge < -0.3 is 23.8 Å². The summed E-state index contributed by atoms with van der Waals surface area (Å²) in [5.74, 6) is 2.93. The summed E-state index contributed by atoms with van der Waals surface area (Å²) in [5.41, 5.74) is 6.46. The normalized spacial score (nSPS) is 21.8. The van der Waals surface area contributed by atoms with Crippen LogP contribution in [0.25, 0.3) is 5.70 Å². The molecule has 1 atom stereocenters. The number of methoxy groups -OCH3 is 2. The Kier molecular flexibility index (Phi) is 5.59. The summed E-state index contributed by atoms with van der Waals surface area (Å²) in [7, 11) is 3.33. The van der Waals surface area contributed by atoms with Crippen LogP contribution in [0.4, 0.5) is 0 Å². The summed E-state index contributed by atoms with van der Waals surface area (Å²) in [6.07, 6.45) is 4.53. The zero-order chi connectivity index (χ0) is 25.2. The SMILES string of the molecule is COc1cc2c(cc1OC)C1=C[C@@H](c3cc(Br)c4c(c3)OCCO4)C3=C(CC(C)(C)CC3=O)N1CC2. The summed E-state index contributed by atoms with van der Waals surface area (Å²) in [6.45, 7) is 6.24. The van der Waals surface area contributed by atoms with Crippen LogP contribution < -0.4 is 18.9 Å². The van der Waals surface area contributed by atoms with Gasteiger partial charge in [-0.25, -0.2) is 0 Å². The summed E-state index contributed by atoms with van der Waals surface area (Å²) >= 11 is 3.68. The van der Waals surface area contributed by atoms with Crippen molar-refractivity contribution in [1.29, 1.82) is 0 Å². The second-order valence-corrected chi connectivity index (χ2v) is 11.5. The number of allylic oxidation sites excluding steroid dienone is 3. The molecule has 4 aliphatic rings. The number of ketones is 1. The number of carbonyl (C=O) groups excluding carboxylic acids is 1. The Labute approximate surface area is 220 Å². The molecule has 0 fully saturated rings. The highest BCUT2D eigenvalue weighted by molar-refractivity contribution is 9.10. The van der Waals surface area contributed by atoms with Gasteiger partial charge in [-0.3, -0.25) is 4.79 Å². The van der Waals surface area contributed by atoms with Gasteiger partial charge in [0.05, 0.1) is 18.7 Å². The first-order valence-corrected chi connectivity index (χ1v) is 13.2. The van der Waals surface area contributed by atoms with Crippen LogP contribution in [0.1, 0.15) is 49.3 Å². The van der Waals surface area contributed by atoms with Crippen molar-refractivity contribution in [3.8, 4) is 23.0 Å². The number of carbonyl (C=O) groups is 1. The maximum absolute atomic E-state index is 13.7. The second-order valence-electron chi connectivity index (χ2n) is 10.6. The van der Waals surface area contributed by atoms with Gasteiger partial charge in [-0.1, -0.05) is 13.8 Å². The predicted molar refractivity (Wildman–Crippen MR) is 141 cm³/mol. The fourth-order valence-corrected chi connectivity index (χ4v) is 6.61. The number of fused-ring (bicyclic) bond motifs is 5. The number of benzene rings is 2. The fourth-order valence-electron chi connectivity index (χ4n) is 6.03. The quantitative estimate of drug-likeness (QED) is 0.475. The first-order chi connectivity index (χ1) is 17.3. The third-order valence-corrected chi connectivity index (χ3v) is 8.21. The van der Waals surface area contributed by atoms with Crippen molar-refractivity contribution in [3.63, 3.8) is 0 Å². The van der Waals surface area contributed by atoms with E-state index in [1.165, 1.54) is 5.56 Å². The van der Waals surface area contributed by atoms with Crippen LogP contribution >= 0.6 is 15.9 Å². The Balaban J connectivity index is 1.56. The van der Waals surface area contributed by atoms with Gasteiger partial charge in [0, 0.05) is 41.4 Å². The topological polar surface area (TPSA) is 57.2 Å². The molecule has 2 aromatic rings. The molecule has 0 saturated heterocycles. The molecule has 6 nitrogen and oxygen atoms in total. The van der Waals surface area contributed by atoms with Crippen LogP contribution in [0, 0.1) is 5.41 Å². The molecule has 0 bridgehead atoms. The number of ether oxygens (including phenoxy) is 4. The zero-order valence-electron chi connectivity index (χ0n) is 21.1. The Hall–Kier alpha value is -2.93. The standard InChI is InChI=1S/C29H30BrNO5/c1-29(2)14-22-27(23(32)15-29)19(17-9-20(30)28-26(11-17)35-7-8-36-28)12-21-18-13-25(34-4)24(33-3)10-16(18)5-6-31(21)22/h9-13,19H,5-8,14-15H2,1-4H3/t19-/m0/s1. The van der Waals surface area contributed by atoms with E-state index < -0.39 is 0 Å². The predicted octanol–water partition coefficient (Wildman–Crippen LogP) is 5.88. The Bertz CT molecular complexity index is 1340. The lowest BCUT2D eigenvalue weighted by atomic mass is 9.69. The van der Waals surface area contributed by atoms with Crippen molar-refractivity contribution >= 4 is 27.4 Å². The number of halogens is 1. The molecule has 3 heterocycles. The van der Waals surface area contributed by atoms with E-state index in [2.05, 4.69) is 59.0 Å². The van der Waals surface area contributed by atoms with Crippen LogP contribution in [0.5, 0.6) is 23.0 Å². The molecule has 7 heteroatoms. The van der Waals surface area contributed by atoms with E-state index >= 15 is 0 Å². The fraction of sp³-hybridized carbons (Fsp3) is 0.414. The van der Waals surface area contributed by atoms with Crippen LogP contribution in [-0.2, 0) is 11.2 Å². The Morgan fingerprint density at radius 3 is 2.56 bits per heavy atom. The average molecular weight is 552 g/mol. The van der Waals surface area contributed by atoms with E-state index in [1.807, 2.05) is 6.07 Å². The van der Waals surface area contributed by atoms with Gasteiger partial charge in [-0.05, 0) is 75.7 Å². The van der Waals surface area contributed by atoms with Crippen LogP contribution in [0.3, 0.4) is 0 Å². The van der Waals surface area contributed by atoms with E-state index in [0.717, 1.165) is 63.5 Å². The Morgan fingerprint density at radius 2 is 1.78 bits per heavy atom. The smallest absolute Gasteiger partial charge is 0.175 e. The molecule has 188 valence electrons. The van der Waals surface area contributed by atoms with Crippen molar-refractivity contribution < 1.29 is 23.7 Å². The highest BCUT2D eigenvalue weighted by Gasteiger charge is 2.43. The molecular weight excluding hydrogens is 522 g/mol. The third kappa shape index (κ3) is 3.71. The van der Waals surface area contributed by atoms with Crippen LogP contribution in [-0.4, -0.2) is 44.7 Å². The van der Waals surface area contributed by atoms with Gasteiger partial charge in [0.1, 0.15) is 13.2 Å². The van der Waals surface area contributed by atoms with Crippen molar-refractivity contribution in [2.75, 3.05) is 34.0 Å². The molecule has 36 heavy (non-hydrogen) atoms. The van der Waals surface area contributed by atoms with E-state index in [9.17, 15) is 4.79 Å². The van der Waals surface area contributed by atoms with Crippen LogP contribution in [0.15, 0.2) is 46.1 Å². The lowest BCUT2D eigenvalue weighted by molar-refractivity contribution is -0.118. The number of hydrogen-bond acceptors (Lipinski definition) is 6. The number of hydrogen-bond donors (Lipinski definition) is 0. The number of rotatable bonds is 3. The van der Waals surface area contributed by atoms with Crippen LogP contribution in [0.2, 0.25) is 0 Å². The molecule has 0 unspecified atom stereocenters. The monoisotopic (exact) mass is 551 g/mol. The lowest BCUT2D eigenvalue weighted by Gasteiger charge is -2.46. The molecule has 0 spiro atoms. The molecular formula is C29H30BrNO5. The number of nitrogens with zero attached hydrogens (tertiary/aromatic N) is 1. The maximum Gasteiger partial charge on any atom is 0.175 e. The third-order valence-electron chi connectivity index (χ3n) is 7.62. The van der Waals surface area contributed by atoms with Gasteiger partial charge in [0.2, 0.25) is 0 Å². The number of Topliss-reactive ketones (excluding diaryl/α,β-unsaturated/α-hetero) is 1. The van der Waals surface area contributed by atoms with E-state index in [0.29, 0.717) is 31.1 Å². The van der Waals surface area contributed by atoms with E-state index in [-0.39, 0.29) is 17.1 Å². The summed E-state index contributed by atoms with van der Waals surface area (Å²) in [6, 6.07) is 8.26. The second kappa shape index (κ2) is 8.58. The summed E-state index contributed by atoms with van der Waals surface area (Å²) < 4.78 is 23.8. The average Bonchev–Trinajstić information content (AvgIpc) is 2.86. The first kappa shape index (κ1) is 23.5. The minimum absolute atomic E-state index is 0.0891. The molecule has 2 aromatic carbocycles. The Morgan fingerprint density at radius 1 is 1.03 bits per heavy atom. The van der Waals surface area contributed by atoms with Gasteiger partial charge in [-0.15, -0.1) is 0 Å². The molecule has 6 rings (SSSR count). The molecule has 3 aliphatic heterocycles. The molecule has 0 radical (unpaired) electrons. The van der Waals surface area contributed by atoms with E-state index in [4.69, 9.17) is 18.9 Å². The summed E-state index contributed by atoms with van der Waals surface area (Å²) in [5, 5.41) is 0. The first-order valence-electron chi connectivity index (χ1n) is 12.4. The van der Waals surface area contributed by atoms with E-state index in [1.54, 1.807) is 14.2 Å². The highest BCUT2D eigenvalue weighted by Crippen LogP contribution is 2.52. The van der Waals surface area contributed by atoms with Crippen molar-refractivity contribution in [1.82, 2.24) is 4.90 Å². The molecule has 0 saturated carbocycles. The highest BCUT2D eigenvalue weighted by atomic mass is 79.9. The van der Waals surface area contributed by atoms with Gasteiger partial charge in [0.25, 0.3) is 0 Å². The van der Waals surface area contributed by atoms with Crippen molar-refractivity contribution in [2.24, 2.45) is 5.41 Å². The van der Waals surface area contributed by atoms with Gasteiger partial charge in [0.15, 0.2) is 28.8 Å². The van der Waals surface area contributed by atoms with Crippen molar-refractivity contribution in [3.05, 3.63) is 62.8 Å².